The molecule has 0 aliphatic carbocycles. The van der Waals surface area contributed by atoms with Gasteiger partial charge in [0.15, 0.2) is 5.65 Å². The predicted molar refractivity (Wildman–Crippen MR) is 113 cm³/mol. The van der Waals surface area contributed by atoms with Crippen molar-refractivity contribution in [3.05, 3.63) is 60.9 Å². The van der Waals surface area contributed by atoms with Crippen molar-refractivity contribution in [2.24, 2.45) is 0 Å². The van der Waals surface area contributed by atoms with Gasteiger partial charge in [-0.25, -0.2) is 9.97 Å². The van der Waals surface area contributed by atoms with Gasteiger partial charge < -0.3 is 15.8 Å². The lowest BCUT2D eigenvalue weighted by Gasteiger charge is -2.25. The smallest absolute Gasteiger partial charge is 0.187 e. The first-order valence-corrected chi connectivity index (χ1v) is 9.82. The van der Waals surface area contributed by atoms with Gasteiger partial charge in [0.2, 0.25) is 0 Å². The normalized spacial score (nSPS) is 16.8. The number of benzene rings is 2. The maximum atomic E-state index is 6.22. The van der Waals surface area contributed by atoms with Gasteiger partial charge in [0, 0.05) is 12.1 Å². The first kappa shape index (κ1) is 17.6. The van der Waals surface area contributed by atoms with Crippen molar-refractivity contribution in [1.82, 2.24) is 25.1 Å². The Hall–Kier alpha value is -3.45. The zero-order valence-electron chi connectivity index (χ0n) is 16.0. The van der Waals surface area contributed by atoms with Crippen LogP contribution in [0.3, 0.4) is 0 Å². The molecule has 1 unspecified atom stereocenters. The molecule has 0 radical (unpaired) electrons. The molecule has 1 atom stereocenters. The number of ether oxygens (including phenoxy) is 1. The first-order chi connectivity index (χ1) is 14.3. The lowest BCUT2D eigenvalue weighted by Crippen LogP contribution is -2.32. The summed E-state index contributed by atoms with van der Waals surface area (Å²) in [6.45, 7) is 1.92. The summed E-state index contributed by atoms with van der Waals surface area (Å²) in [6.07, 6.45) is 3.65. The van der Waals surface area contributed by atoms with Gasteiger partial charge in [-0.2, -0.15) is 5.10 Å². The molecular weight excluding hydrogens is 364 g/mol. The maximum Gasteiger partial charge on any atom is 0.187 e. The van der Waals surface area contributed by atoms with Crippen LogP contribution in [0.25, 0.3) is 22.3 Å². The summed E-state index contributed by atoms with van der Waals surface area (Å²) >= 11 is 0. The highest BCUT2D eigenvalue weighted by Crippen LogP contribution is 2.35. The average Bonchev–Trinajstić information content (AvgIpc) is 3.17. The van der Waals surface area contributed by atoms with E-state index in [1.54, 1.807) is 0 Å². The van der Waals surface area contributed by atoms with Gasteiger partial charge in [-0.15, -0.1) is 0 Å². The second-order valence-corrected chi connectivity index (χ2v) is 7.19. The molecule has 0 spiro atoms. The zero-order valence-corrected chi connectivity index (χ0v) is 16.0. The van der Waals surface area contributed by atoms with Crippen LogP contribution in [0.5, 0.6) is 11.5 Å². The molecule has 0 amide bonds. The summed E-state index contributed by atoms with van der Waals surface area (Å²) in [7, 11) is 0. The molecule has 1 aliphatic heterocycles. The Kier molecular flexibility index (Phi) is 4.57. The molecule has 2 aromatic carbocycles. The van der Waals surface area contributed by atoms with Crippen LogP contribution in [0.15, 0.2) is 60.9 Å². The Morgan fingerprint density at radius 2 is 1.79 bits per heavy atom. The number of nitrogens with zero attached hydrogens (tertiary/aromatic N) is 4. The molecule has 7 nitrogen and oxygen atoms in total. The third-order valence-corrected chi connectivity index (χ3v) is 5.25. The first-order valence-electron chi connectivity index (χ1n) is 9.82. The summed E-state index contributed by atoms with van der Waals surface area (Å²) in [5.41, 5.74) is 8.82. The minimum atomic E-state index is 0.257. The quantitative estimate of drug-likeness (QED) is 0.554. The second kappa shape index (κ2) is 7.52. The second-order valence-electron chi connectivity index (χ2n) is 7.19. The topological polar surface area (TPSA) is 90.9 Å². The SMILES string of the molecule is Nc1ncnc2nn(C3CCCNC3)c(-c3ccc(Oc4ccccc4)cc3)c12. The maximum absolute atomic E-state index is 6.22. The van der Waals surface area contributed by atoms with E-state index in [9.17, 15) is 0 Å². The standard InChI is InChI=1S/C22H22N6O/c23-21-19-20(15-8-10-18(11-9-15)29-17-6-2-1-3-7-17)28(16-5-4-12-24-13-16)27-22(19)26-14-25-21/h1-3,6-11,14,16,24H,4-5,12-13H2,(H2,23,25,26,27). The highest BCUT2D eigenvalue weighted by Gasteiger charge is 2.24. The lowest BCUT2D eigenvalue weighted by atomic mass is 10.0. The molecule has 29 heavy (non-hydrogen) atoms. The lowest BCUT2D eigenvalue weighted by molar-refractivity contribution is 0.351. The molecule has 2 aromatic heterocycles. The number of piperidine rings is 1. The summed E-state index contributed by atoms with van der Waals surface area (Å²) in [4.78, 5) is 8.55. The zero-order chi connectivity index (χ0) is 19.6. The van der Waals surface area contributed by atoms with Gasteiger partial charge in [-0.05, 0) is 55.8 Å². The van der Waals surface area contributed by atoms with Gasteiger partial charge in [-0.1, -0.05) is 18.2 Å². The fourth-order valence-electron chi connectivity index (χ4n) is 3.85. The fourth-order valence-corrected chi connectivity index (χ4v) is 3.85. The van der Waals surface area contributed by atoms with Gasteiger partial charge >= 0.3 is 0 Å². The van der Waals surface area contributed by atoms with E-state index in [0.717, 1.165) is 54.1 Å². The molecule has 1 fully saturated rings. The number of anilines is 1. The third kappa shape index (κ3) is 3.40. The molecule has 0 saturated carbocycles. The molecule has 1 aliphatic rings. The number of hydrogen-bond acceptors (Lipinski definition) is 6. The van der Waals surface area contributed by atoms with Crippen molar-refractivity contribution >= 4 is 16.9 Å². The van der Waals surface area contributed by atoms with Crippen LogP contribution in [-0.2, 0) is 0 Å². The van der Waals surface area contributed by atoms with E-state index in [-0.39, 0.29) is 6.04 Å². The fraction of sp³-hybridized carbons (Fsp3) is 0.227. The molecule has 7 heteroatoms. The van der Waals surface area contributed by atoms with E-state index in [1.807, 2.05) is 54.6 Å². The van der Waals surface area contributed by atoms with E-state index in [0.29, 0.717) is 11.5 Å². The largest absolute Gasteiger partial charge is 0.457 e. The van der Waals surface area contributed by atoms with Crippen molar-refractivity contribution in [2.75, 3.05) is 18.8 Å². The van der Waals surface area contributed by atoms with Gasteiger partial charge in [0.1, 0.15) is 23.6 Å². The highest BCUT2D eigenvalue weighted by atomic mass is 16.5. The number of nitrogens with two attached hydrogens (primary N) is 1. The van der Waals surface area contributed by atoms with Crippen LogP contribution in [0.4, 0.5) is 5.82 Å². The van der Waals surface area contributed by atoms with Crippen molar-refractivity contribution < 1.29 is 4.74 Å². The van der Waals surface area contributed by atoms with E-state index >= 15 is 0 Å². The minimum Gasteiger partial charge on any atom is -0.457 e. The average molecular weight is 386 g/mol. The number of hydrogen-bond donors (Lipinski definition) is 2. The van der Waals surface area contributed by atoms with E-state index < -0.39 is 0 Å². The molecule has 5 rings (SSSR count). The van der Waals surface area contributed by atoms with Crippen molar-refractivity contribution in [2.45, 2.75) is 18.9 Å². The summed E-state index contributed by atoms with van der Waals surface area (Å²) in [5.74, 6) is 2.03. The van der Waals surface area contributed by atoms with E-state index in [1.165, 1.54) is 6.33 Å². The Labute approximate surface area is 168 Å². The number of para-hydroxylation sites is 1. The van der Waals surface area contributed by atoms with Gasteiger partial charge in [0.05, 0.1) is 17.1 Å². The van der Waals surface area contributed by atoms with Crippen molar-refractivity contribution in [3.8, 4) is 22.8 Å². The molecule has 0 bridgehead atoms. The van der Waals surface area contributed by atoms with Gasteiger partial charge in [-0.3, -0.25) is 4.68 Å². The third-order valence-electron chi connectivity index (χ3n) is 5.25. The Bertz CT molecular complexity index is 1120. The monoisotopic (exact) mass is 386 g/mol. The van der Waals surface area contributed by atoms with Crippen LogP contribution in [-0.4, -0.2) is 32.8 Å². The van der Waals surface area contributed by atoms with E-state index in [2.05, 4.69) is 20.0 Å². The number of fused-ring (bicyclic) bond motifs is 1. The Morgan fingerprint density at radius 3 is 2.55 bits per heavy atom. The van der Waals surface area contributed by atoms with Crippen LogP contribution >= 0.6 is 0 Å². The molecular formula is C22H22N6O. The summed E-state index contributed by atoms with van der Waals surface area (Å²) < 4.78 is 7.99. The number of rotatable bonds is 4. The minimum absolute atomic E-state index is 0.257. The molecule has 1 saturated heterocycles. The van der Waals surface area contributed by atoms with E-state index in [4.69, 9.17) is 15.6 Å². The number of aromatic nitrogens is 4. The predicted octanol–water partition coefficient (Wildman–Crippen LogP) is 3.79. The van der Waals surface area contributed by atoms with Crippen LogP contribution in [0.2, 0.25) is 0 Å². The van der Waals surface area contributed by atoms with Crippen LogP contribution in [0.1, 0.15) is 18.9 Å². The summed E-state index contributed by atoms with van der Waals surface area (Å²) in [5, 5.41) is 9.04. The highest BCUT2D eigenvalue weighted by molar-refractivity contribution is 5.98. The number of nitrogen functional groups attached to an aromatic ring is 1. The Morgan fingerprint density at radius 1 is 1.00 bits per heavy atom. The van der Waals surface area contributed by atoms with Gasteiger partial charge in [0.25, 0.3) is 0 Å². The molecule has 146 valence electrons. The Balaban J connectivity index is 1.56. The molecule has 3 heterocycles. The van der Waals surface area contributed by atoms with Crippen LogP contribution in [0, 0.1) is 0 Å². The van der Waals surface area contributed by atoms with Crippen molar-refractivity contribution in [1.29, 1.82) is 0 Å². The molecule has 3 N–H and O–H groups in total. The number of nitrogens with one attached hydrogen (secondary N) is 1. The molecule has 4 aromatic rings. The van der Waals surface area contributed by atoms with Crippen LogP contribution < -0.4 is 15.8 Å². The summed E-state index contributed by atoms with van der Waals surface area (Å²) in [6, 6.07) is 18.0. The van der Waals surface area contributed by atoms with Crippen molar-refractivity contribution in [3.63, 3.8) is 0 Å².